The summed E-state index contributed by atoms with van der Waals surface area (Å²) >= 11 is 0. The Morgan fingerprint density at radius 1 is 1.23 bits per heavy atom. The van der Waals surface area contributed by atoms with E-state index >= 15 is 0 Å². The molecule has 2 aromatic carbocycles. The van der Waals surface area contributed by atoms with Crippen LogP contribution in [0.25, 0.3) is 0 Å². The first-order chi connectivity index (χ1) is 12.6. The number of benzene rings is 2. The summed E-state index contributed by atoms with van der Waals surface area (Å²) in [5.41, 5.74) is 0.00232. The molecule has 0 bridgehead atoms. The van der Waals surface area contributed by atoms with Crippen LogP contribution < -0.4 is 19.5 Å². The molecule has 2 atom stereocenters. The first-order valence-corrected chi connectivity index (χ1v) is 8.37. The average Bonchev–Trinajstić information content (AvgIpc) is 2.66. The van der Waals surface area contributed by atoms with E-state index < -0.39 is 11.0 Å². The van der Waals surface area contributed by atoms with Crippen molar-refractivity contribution < 1.29 is 29.6 Å². The van der Waals surface area contributed by atoms with E-state index in [9.17, 15) is 15.2 Å². The van der Waals surface area contributed by atoms with Crippen molar-refractivity contribution >= 4 is 5.69 Å². The minimum absolute atomic E-state index is 0.00232. The first kappa shape index (κ1) is 18.0. The van der Waals surface area contributed by atoms with Gasteiger partial charge >= 0.3 is 0 Å². The average molecular weight is 361 g/mol. The molecule has 8 nitrogen and oxygen atoms in total. The smallest absolute Gasteiger partial charge is 0.269 e. The van der Waals surface area contributed by atoms with Gasteiger partial charge in [0.25, 0.3) is 5.69 Å². The standard InChI is InChI=1S/C18H20N2O6/c21-14(11-24-15-7-5-13(6-8-15)20(22)23)9-19-10-16-12-25-17-3-1-2-4-18(17)26-16/h1-8,14,16,19,21H,9-12H2/p+1. The number of nitro groups is 1. The van der Waals surface area contributed by atoms with Crippen LogP contribution in [0.1, 0.15) is 0 Å². The fourth-order valence-corrected chi connectivity index (χ4v) is 2.58. The van der Waals surface area contributed by atoms with Crippen LogP contribution in [0.15, 0.2) is 48.5 Å². The summed E-state index contributed by atoms with van der Waals surface area (Å²) in [6.07, 6.45) is -0.741. The number of non-ortho nitro benzene ring substituents is 1. The number of quaternary nitrogens is 1. The Labute approximate surface area is 150 Å². The molecular weight excluding hydrogens is 340 g/mol. The third-order valence-electron chi connectivity index (χ3n) is 3.93. The maximum atomic E-state index is 10.6. The lowest BCUT2D eigenvalue weighted by Gasteiger charge is -2.25. The molecular formula is C18H21N2O6+. The molecule has 1 heterocycles. The molecule has 1 aliphatic rings. The van der Waals surface area contributed by atoms with E-state index in [1.807, 2.05) is 29.6 Å². The molecule has 2 aromatic rings. The number of para-hydroxylation sites is 2. The molecule has 0 aromatic heterocycles. The van der Waals surface area contributed by atoms with Crippen LogP contribution in [0.4, 0.5) is 5.69 Å². The van der Waals surface area contributed by atoms with Crippen molar-refractivity contribution in [1.82, 2.24) is 0 Å². The predicted octanol–water partition coefficient (Wildman–Crippen LogP) is 0.738. The molecule has 0 spiro atoms. The van der Waals surface area contributed by atoms with Crippen molar-refractivity contribution in [3.8, 4) is 17.2 Å². The normalized spacial score (nSPS) is 16.7. The molecule has 0 radical (unpaired) electrons. The molecule has 1 aliphatic heterocycles. The van der Waals surface area contributed by atoms with Crippen molar-refractivity contribution in [2.24, 2.45) is 0 Å². The van der Waals surface area contributed by atoms with E-state index in [2.05, 4.69) is 0 Å². The maximum Gasteiger partial charge on any atom is 0.269 e. The van der Waals surface area contributed by atoms with Crippen LogP contribution in [0.5, 0.6) is 17.2 Å². The fourth-order valence-electron chi connectivity index (χ4n) is 2.58. The Morgan fingerprint density at radius 2 is 1.96 bits per heavy atom. The number of rotatable bonds is 8. The molecule has 8 heteroatoms. The Hall–Kier alpha value is -2.84. The molecule has 0 amide bonds. The van der Waals surface area contributed by atoms with E-state index in [4.69, 9.17) is 14.2 Å². The molecule has 3 N–H and O–H groups in total. The van der Waals surface area contributed by atoms with Crippen molar-refractivity contribution in [3.05, 3.63) is 58.6 Å². The van der Waals surface area contributed by atoms with Gasteiger partial charge in [-0.3, -0.25) is 10.1 Å². The lowest BCUT2D eigenvalue weighted by atomic mass is 10.2. The highest BCUT2D eigenvalue weighted by atomic mass is 16.6. The highest BCUT2D eigenvalue weighted by Gasteiger charge is 2.22. The SMILES string of the molecule is O=[N+]([O-])c1ccc(OCC(O)C[NH2+]CC2COc3ccccc3O2)cc1. The molecule has 0 fully saturated rings. The third kappa shape index (κ3) is 4.84. The number of hydrogen-bond acceptors (Lipinski definition) is 6. The Bertz CT molecular complexity index is 737. The first-order valence-electron chi connectivity index (χ1n) is 8.37. The number of aliphatic hydroxyl groups excluding tert-OH is 1. The van der Waals surface area contributed by atoms with Crippen LogP contribution >= 0.6 is 0 Å². The van der Waals surface area contributed by atoms with Crippen LogP contribution in [0.3, 0.4) is 0 Å². The van der Waals surface area contributed by atoms with Gasteiger partial charge in [0.2, 0.25) is 0 Å². The van der Waals surface area contributed by atoms with Gasteiger partial charge in [0.15, 0.2) is 17.6 Å². The largest absolute Gasteiger partial charge is 0.491 e. The zero-order valence-electron chi connectivity index (χ0n) is 14.1. The van der Waals surface area contributed by atoms with Crippen LogP contribution in [-0.4, -0.2) is 48.5 Å². The molecule has 0 aliphatic carbocycles. The second-order valence-corrected chi connectivity index (χ2v) is 5.97. The lowest BCUT2D eigenvalue weighted by Crippen LogP contribution is -2.89. The van der Waals surface area contributed by atoms with E-state index in [0.717, 1.165) is 11.5 Å². The predicted molar refractivity (Wildman–Crippen MR) is 92.6 cm³/mol. The van der Waals surface area contributed by atoms with Crippen molar-refractivity contribution in [1.29, 1.82) is 0 Å². The third-order valence-corrected chi connectivity index (χ3v) is 3.93. The Balaban J connectivity index is 1.35. The maximum absolute atomic E-state index is 10.6. The topological polar surface area (TPSA) is 108 Å². The highest BCUT2D eigenvalue weighted by Crippen LogP contribution is 2.30. The Morgan fingerprint density at radius 3 is 2.69 bits per heavy atom. The van der Waals surface area contributed by atoms with Gasteiger partial charge in [-0.25, -0.2) is 0 Å². The van der Waals surface area contributed by atoms with Gasteiger partial charge < -0.3 is 24.6 Å². The fraction of sp³-hybridized carbons (Fsp3) is 0.333. The minimum atomic E-state index is -0.665. The van der Waals surface area contributed by atoms with Gasteiger partial charge in [0.1, 0.15) is 38.2 Å². The molecule has 138 valence electrons. The number of fused-ring (bicyclic) bond motifs is 1. The van der Waals surface area contributed by atoms with E-state index in [-0.39, 0.29) is 18.4 Å². The van der Waals surface area contributed by atoms with Crippen molar-refractivity contribution in [2.75, 3.05) is 26.3 Å². The minimum Gasteiger partial charge on any atom is -0.491 e. The van der Waals surface area contributed by atoms with E-state index in [1.165, 1.54) is 24.3 Å². The number of nitro benzene ring substituents is 1. The summed E-state index contributed by atoms with van der Waals surface area (Å²) in [5, 5.41) is 22.6. The second kappa shape index (κ2) is 8.50. The molecule has 3 rings (SSSR count). The van der Waals surface area contributed by atoms with Gasteiger partial charge in [-0.05, 0) is 24.3 Å². The van der Waals surface area contributed by atoms with Gasteiger partial charge in [-0.15, -0.1) is 0 Å². The summed E-state index contributed by atoms with van der Waals surface area (Å²) in [6, 6.07) is 13.3. The van der Waals surface area contributed by atoms with Crippen LogP contribution in [0.2, 0.25) is 0 Å². The zero-order chi connectivity index (χ0) is 18.4. The second-order valence-electron chi connectivity index (χ2n) is 5.97. The molecule has 26 heavy (non-hydrogen) atoms. The van der Waals surface area contributed by atoms with Crippen molar-refractivity contribution in [2.45, 2.75) is 12.2 Å². The molecule has 0 saturated heterocycles. The number of hydrogen-bond donors (Lipinski definition) is 2. The molecule has 2 unspecified atom stereocenters. The molecule has 0 saturated carbocycles. The number of nitrogens with zero attached hydrogens (tertiary/aromatic N) is 1. The lowest BCUT2D eigenvalue weighted by molar-refractivity contribution is -0.666. The number of aliphatic hydroxyl groups is 1. The quantitative estimate of drug-likeness (QED) is 0.530. The highest BCUT2D eigenvalue weighted by molar-refractivity contribution is 5.40. The summed E-state index contributed by atoms with van der Waals surface area (Å²) in [4.78, 5) is 10.1. The van der Waals surface area contributed by atoms with E-state index in [1.54, 1.807) is 0 Å². The zero-order valence-corrected chi connectivity index (χ0v) is 14.1. The summed E-state index contributed by atoms with van der Waals surface area (Å²) in [6.45, 7) is 1.69. The summed E-state index contributed by atoms with van der Waals surface area (Å²) < 4.78 is 16.9. The van der Waals surface area contributed by atoms with E-state index in [0.29, 0.717) is 25.4 Å². The Kier molecular flexibility index (Phi) is 5.88. The van der Waals surface area contributed by atoms with Gasteiger partial charge in [0.05, 0.1) is 4.92 Å². The van der Waals surface area contributed by atoms with Gasteiger partial charge in [-0.1, -0.05) is 12.1 Å². The summed E-state index contributed by atoms with van der Waals surface area (Å²) in [7, 11) is 0. The van der Waals surface area contributed by atoms with Gasteiger partial charge in [-0.2, -0.15) is 0 Å². The number of ether oxygens (including phenoxy) is 3. The van der Waals surface area contributed by atoms with Crippen molar-refractivity contribution in [3.63, 3.8) is 0 Å². The number of nitrogens with two attached hydrogens (primary N) is 1. The van der Waals surface area contributed by atoms with Crippen LogP contribution in [0, 0.1) is 10.1 Å². The van der Waals surface area contributed by atoms with Crippen LogP contribution in [-0.2, 0) is 0 Å². The monoisotopic (exact) mass is 361 g/mol. The van der Waals surface area contributed by atoms with Gasteiger partial charge in [0, 0.05) is 12.1 Å². The summed E-state index contributed by atoms with van der Waals surface area (Å²) in [5.74, 6) is 1.97.